The SMILES string of the molecule is CC(C)(C)S(=O)c1ccc(Br)cc1. The lowest BCUT2D eigenvalue weighted by atomic mass is 10.3. The zero-order chi connectivity index (χ0) is 10.1. The van der Waals surface area contributed by atoms with E-state index in [0.29, 0.717) is 0 Å². The molecule has 1 rings (SSSR count). The van der Waals surface area contributed by atoms with Gasteiger partial charge in [-0.25, -0.2) is 0 Å². The van der Waals surface area contributed by atoms with E-state index in [4.69, 9.17) is 0 Å². The summed E-state index contributed by atoms with van der Waals surface area (Å²) < 4.78 is 12.7. The van der Waals surface area contributed by atoms with Crippen LogP contribution in [0.3, 0.4) is 0 Å². The fourth-order valence-corrected chi connectivity index (χ4v) is 2.27. The molecule has 0 bridgehead atoms. The normalized spacial score (nSPS) is 14.2. The van der Waals surface area contributed by atoms with Gasteiger partial charge in [-0.3, -0.25) is 4.21 Å². The highest BCUT2D eigenvalue weighted by atomic mass is 79.9. The summed E-state index contributed by atoms with van der Waals surface area (Å²) in [4.78, 5) is 0.885. The third kappa shape index (κ3) is 2.92. The van der Waals surface area contributed by atoms with Gasteiger partial charge < -0.3 is 0 Å². The number of hydrogen-bond donors (Lipinski definition) is 0. The van der Waals surface area contributed by atoms with Gasteiger partial charge in [0, 0.05) is 14.1 Å². The van der Waals surface area contributed by atoms with Crippen LogP contribution in [0.15, 0.2) is 33.6 Å². The van der Waals surface area contributed by atoms with Gasteiger partial charge in [-0.2, -0.15) is 0 Å². The average Bonchev–Trinajstić information content (AvgIpc) is 2.03. The summed E-state index contributed by atoms with van der Waals surface area (Å²) in [6.45, 7) is 5.93. The molecule has 0 N–H and O–H groups in total. The lowest BCUT2D eigenvalue weighted by molar-refractivity contribution is 0.649. The van der Waals surface area contributed by atoms with E-state index in [1.165, 1.54) is 0 Å². The first-order chi connectivity index (χ1) is 5.91. The Morgan fingerprint density at radius 3 is 2.00 bits per heavy atom. The average molecular weight is 261 g/mol. The van der Waals surface area contributed by atoms with Gasteiger partial charge in [0.2, 0.25) is 0 Å². The van der Waals surface area contributed by atoms with Gasteiger partial charge in [0.1, 0.15) is 0 Å². The first-order valence-corrected chi connectivity index (χ1v) is 6.03. The Morgan fingerprint density at radius 2 is 1.62 bits per heavy atom. The van der Waals surface area contributed by atoms with Crippen molar-refractivity contribution < 1.29 is 4.21 Å². The highest BCUT2D eigenvalue weighted by molar-refractivity contribution is 9.10. The standard InChI is InChI=1S/C10H13BrOS/c1-10(2,3)13(12)9-6-4-8(11)5-7-9/h4-7H,1-3H3. The lowest BCUT2D eigenvalue weighted by Crippen LogP contribution is -2.21. The van der Waals surface area contributed by atoms with Gasteiger partial charge in [0.05, 0.1) is 10.8 Å². The van der Waals surface area contributed by atoms with E-state index in [-0.39, 0.29) is 4.75 Å². The fraction of sp³-hybridized carbons (Fsp3) is 0.400. The number of hydrogen-bond acceptors (Lipinski definition) is 1. The van der Waals surface area contributed by atoms with Crippen molar-refractivity contribution in [2.75, 3.05) is 0 Å². The molecule has 3 heteroatoms. The minimum Gasteiger partial charge on any atom is -0.254 e. The molecule has 0 saturated carbocycles. The van der Waals surface area contributed by atoms with Crippen LogP contribution in [0, 0.1) is 0 Å². The summed E-state index contributed by atoms with van der Waals surface area (Å²) in [5.74, 6) is 0. The summed E-state index contributed by atoms with van der Waals surface area (Å²) in [6.07, 6.45) is 0. The number of halogens is 1. The maximum Gasteiger partial charge on any atom is 0.0583 e. The predicted octanol–water partition coefficient (Wildman–Crippen LogP) is 3.36. The van der Waals surface area contributed by atoms with Crippen LogP contribution in [0.1, 0.15) is 20.8 Å². The molecule has 1 unspecified atom stereocenters. The molecule has 1 aromatic carbocycles. The van der Waals surface area contributed by atoms with E-state index in [2.05, 4.69) is 15.9 Å². The molecule has 0 aromatic heterocycles. The predicted molar refractivity (Wildman–Crippen MR) is 60.3 cm³/mol. The molecule has 0 heterocycles. The zero-order valence-electron chi connectivity index (χ0n) is 8.00. The second-order valence-corrected chi connectivity index (χ2v) is 6.98. The van der Waals surface area contributed by atoms with Gasteiger partial charge in [0.15, 0.2) is 0 Å². The molecule has 0 fully saturated rings. The zero-order valence-corrected chi connectivity index (χ0v) is 10.4. The minimum absolute atomic E-state index is 0.187. The first-order valence-electron chi connectivity index (χ1n) is 4.09. The molecule has 1 atom stereocenters. The Morgan fingerprint density at radius 1 is 1.15 bits per heavy atom. The molecule has 72 valence electrons. The maximum atomic E-state index is 11.9. The van der Waals surface area contributed by atoms with Crippen LogP contribution in [-0.2, 0) is 10.8 Å². The quantitative estimate of drug-likeness (QED) is 0.757. The van der Waals surface area contributed by atoms with Gasteiger partial charge in [-0.1, -0.05) is 15.9 Å². The first kappa shape index (κ1) is 10.9. The molecule has 13 heavy (non-hydrogen) atoms. The van der Waals surface area contributed by atoms with Crippen molar-refractivity contribution in [1.82, 2.24) is 0 Å². The summed E-state index contributed by atoms with van der Waals surface area (Å²) >= 11 is 3.35. The highest BCUT2D eigenvalue weighted by Gasteiger charge is 2.20. The molecule has 0 amide bonds. The summed E-state index contributed by atoms with van der Waals surface area (Å²) in [5, 5.41) is 0. The maximum absolute atomic E-state index is 11.9. The van der Waals surface area contributed by atoms with Crippen LogP contribution in [0.2, 0.25) is 0 Å². The molecule has 1 nitrogen and oxygen atoms in total. The summed E-state index contributed by atoms with van der Waals surface area (Å²) in [5.41, 5.74) is 0. The molecule has 0 aliphatic carbocycles. The van der Waals surface area contributed by atoms with Crippen molar-refractivity contribution in [3.8, 4) is 0 Å². The molecular weight excluding hydrogens is 248 g/mol. The van der Waals surface area contributed by atoms with Crippen LogP contribution in [-0.4, -0.2) is 8.96 Å². The molecule has 0 saturated heterocycles. The monoisotopic (exact) mass is 260 g/mol. The van der Waals surface area contributed by atoms with Crippen molar-refractivity contribution in [2.45, 2.75) is 30.4 Å². The fourth-order valence-electron chi connectivity index (χ4n) is 0.912. The molecular formula is C10H13BrOS. The van der Waals surface area contributed by atoms with Crippen LogP contribution in [0.4, 0.5) is 0 Å². The van der Waals surface area contributed by atoms with Crippen molar-refractivity contribution in [3.63, 3.8) is 0 Å². The topological polar surface area (TPSA) is 17.1 Å². The molecule has 0 spiro atoms. The Labute approximate surface area is 90.1 Å². The Bertz CT molecular complexity index is 311. The molecule has 0 radical (unpaired) electrons. The number of rotatable bonds is 1. The van der Waals surface area contributed by atoms with Crippen LogP contribution >= 0.6 is 15.9 Å². The Balaban J connectivity index is 2.97. The van der Waals surface area contributed by atoms with Crippen molar-refractivity contribution in [3.05, 3.63) is 28.7 Å². The van der Waals surface area contributed by atoms with Gasteiger partial charge in [-0.05, 0) is 45.0 Å². The second kappa shape index (κ2) is 3.93. The smallest absolute Gasteiger partial charge is 0.0583 e. The molecule has 0 aliphatic rings. The summed E-state index contributed by atoms with van der Waals surface area (Å²) in [6, 6.07) is 7.62. The Kier molecular flexibility index (Phi) is 3.30. The van der Waals surface area contributed by atoms with E-state index in [9.17, 15) is 4.21 Å². The van der Waals surface area contributed by atoms with Crippen LogP contribution in [0.25, 0.3) is 0 Å². The van der Waals surface area contributed by atoms with Gasteiger partial charge in [-0.15, -0.1) is 0 Å². The van der Waals surface area contributed by atoms with E-state index in [0.717, 1.165) is 9.37 Å². The second-order valence-electron chi connectivity index (χ2n) is 3.84. The van der Waals surface area contributed by atoms with E-state index in [1.54, 1.807) is 0 Å². The van der Waals surface area contributed by atoms with Gasteiger partial charge >= 0.3 is 0 Å². The highest BCUT2D eigenvalue weighted by Crippen LogP contribution is 2.21. The number of benzene rings is 1. The summed E-state index contributed by atoms with van der Waals surface area (Å²) in [7, 11) is -0.930. The van der Waals surface area contributed by atoms with E-state index < -0.39 is 10.8 Å². The van der Waals surface area contributed by atoms with Crippen molar-refractivity contribution >= 4 is 26.7 Å². The molecule has 0 aliphatic heterocycles. The lowest BCUT2D eigenvalue weighted by Gasteiger charge is -2.17. The van der Waals surface area contributed by atoms with Crippen LogP contribution in [0.5, 0.6) is 0 Å². The van der Waals surface area contributed by atoms with Crippen LogP contribution < -0.4 is 0 Å². The van der Waals surface area contributed by atoms with Gasteiger partial charge in [0.25, 0.3) is 0 Å². The van der Waals surface area contributed by atoms with Crippen molar-refractivity contribution in [1.29, 1.82) is 0 Å². The Hall–Kier alpha value is -0.150. The minimum atomic E-state index is -0.930. The van der Waals surface area contributed by atoms with E-state index >= 15 is 0 Å². The largest absolute Gasteiger partial charge is 0.254 e. The van der Waals surface area contributed by atoms with E-state index in [1.807, 2.05) is 45.0 Å². The van der Waals surface area contributed by atoms with Crippen molar-refractivity contribution in [2.24, 2.45) is 0 Å². The third-order valence-corrected chi connectivity index (χ3v) is 3.93. The molecule has 1 aromatic rings. The third-order valence-electron chi connectivity index (χ3n) is 1.58.